The van der Waals surface area contributed by atoms with Crippen molar-refractivity contribution >= 4 is 6.29 Å². The molecule has 0 heterocycles. The number of ether oxygens (including phenoxy) is 1. The summed E-state index contributed by atoms with van der Waals surface area (Å²) in [5.41, 5.74) is -0.663. The van der Waals surface area contributed by atoms with Crippen LogP contribution in [-0.2, 0) is 9.53 Å². The van der Waals surface area contributed by atoms with Crippen LogP contribution in [0.15, 0.2) is 0 Å². The number of carbonyl (C=O) groups is 1. The SMILES string of the molecule is CCCC(C=O)(CO)COC. The van der Waals surface area contributed by atoms with Gasteiger partial charge in [-0.15, -0.1) is 0 Å². The van der Waals surface area contributed by atoms with Crippen molar-refractivity contribution in [1.29, 1.82) is 0 Å². The third kappa shape index (κ3) is 2.99. The van der Waals surface area contributed by atoms with Crippen LogP contribution < -0.4 is 0 Å². The van der Waals surface area contributed by atoms with Gasteiger partial charge in [-0.2, -0.15) is 0 Å². The van der Waals surface area contributed by atoms with Crippen LogP contribution >= 0.6 is 0 Å². The van der Waals surface area contributed by atoms with Crippen LogP contribution in [0.5, 0.6) is 0 Å². The lowest BCUT2D eigenvalue weighted by atomic mass is 9.87. The quantitative estimate of drug-likeness (QED) is 0.579. The summed E-state index contributed by atoms with van der Waals surface area (Å²) in [6.45, 7) is 2.16. The summed E-state index contributed by atoms with van der Waals surface area (Å²) in [6.07, 6.45) is 2.35. The lowest BCUT2D eigenvalue weighted by Gasteiger charge is -2.23. The van der Waals surface area contributed by atoms with Gasteiger partial charge in [0.25, 0.3) is 0 Å². The zero-order valence-electron chi connectivity index (χ0n) is 7.17. The highest BCUT2D eigenvalue weighted by Gasteiger charge is 2.27. The van der Waals surface area contributed by atoms with E-state index in [1.807, 2.05) is 6.92 Å². The van der Waals surface area contributed by atoms with Crippen molar-refractivity contribution in [2.75, 3.05) is 20.3 Å². The molecular weight excluding hydrogens is 144 g/mol. The minimum Gasteiger partial charge on any atom is -0.395 e. The topological polar surface area (TPSA) is 46.5 Å². The molecule has 11 heavy (non-hydrogen) atoms. The molecule has 0 saturated carbocycles. The number of methoxy groups -OCH3 is 1. The largest absolute Gasteiger partial charge is 0.395 e. The molecule has 0 bridgehead atoms. The van der Waals surface area contributed by atoms with Crippen molar-refractivity contribution in [3.8, 4) is 0 Å². The molecule has 0 saturated heterocycles. The van der Waals surface area contributed by atoms with Crippen molar-refractivity contribution in [1.82, 2.24) is 0 Å². The van der Waals surface area contributed by atoms with Crippen LogP contribution in [0, 0.1) is 5.41 Å². The predicted octanol–water partition coefficient (Wildman–Crippen LogP) is 0.611. The third-order valence-corrected chi connectivity index (χ3v) is 1.74. The molecule has 0 aliphatic heterocycles. The summed E-state index contributed by atoms with van der Waals surface area (Å²) in [7, 11) is 1.53. The second-order valence-corrected chi connectivity index (χ2v) is 2.82. The lowest BCUT2D eigenvalue weighted by Crippen LogP contribution is -2.32. The molecule has 0 aromatic rings. The third-order valence-electron chi connectivity index (χ3n) is 1.74. The average molecular weight is 160 g/mol. The van der Waals surface area contributed by atoms with E-state index in [-0.39, 0.29) is 6.61 Å². The maximum atomic E-state index is 10.6. The first kappa shape index (κ1) is 10.6. The summed E-state index contributed by atoms with van der Waals surface area (Å²) in [5.74, 6) is 0. The molecule has 0 spiro atoms. The fourth-order valence-corrected chi connectivity index (χ4v) is 1.11. The molecule has 0 aliphatic carbocycles. The molecule has 0 fully saturated rings. The molecule has 0 rings (SSSR count). The number of carbonyl (C=O) groups excluding carboxylic acids is 1. The van der Waals surface area contributed by atoms with E-state index in [4.69, 9.17) is 9.84 Å². The lowest BCUT2D eigenvalue weighted by molar-refractivity contribution is -0.122. The van der Waals surface area contributed by atoms with Crippen LogP contribution in [0.3, 0.4) is 0 Å². The highest BCUT2D eigenvalue weighted by atomic mass is 16.5. The highest BCUT2D eigenvalue weighted by molar-refractivity contribution is 5.59. The number of aliphatic hydroxyl groups is 1. The Balaban J connectivity index is 4.07. The molecule has 0 radical (unpaired) electrons. The number of rotatable bonds is 6. The average Bonchev–Trinajstić information content (AvgIpc) is 2.04. The van der Waals surface area contributed by atoms with Crippen LogP contribution in [0.1, 0.15) is 19.8 Å². The van der Waals surface area contributed by atoms with Crippen molar-refractivity contribution in [2.24, 2.45) is 5.41 Å². The predicted molar refractivity (Wildman–Crippen MR) is 42.4 cm³/mol. The molecule has 1 atom stereocenters. The first-order chi connectivity index (χ1) is 5.24. The van der Waals surface area contributed by atoms with E-state index < -0.39 is 5.41 Å². The number of aldehydes is 1. The Bertz CT molecular complexity index is 106. The first-order valence-electron chi connectivity index (χ1n) is 3.81. The van der Waals surface area contributed by atoms with E-state index in [2.05, 4.69) is 0 Å². The van der Waals surface area contributed by atoms with Gasteiger partial charge >= 0.3 is 0 Å². The zero-order valence-corrected chi connectivity index (χ0v) is 7.17. The Labute approximate surface area is 67.4 Å². The van der Waals surface area contributed by atoms with Gasteiger partial charge in [-0.3, -0.25) is 0 Å². The van der Waals surface area contributed by atoms with Crippen molar-refractivity contribution in [2.45, 2.75) is 19.8 Å². The zero-order chi connectivity index (χ0) is 8.74. The van der Waals surface area contributed by atoms with E-state index in [1.54, 1.807) is 0 Å². The molecule has 3 nitrogen and oxygen atoms in total. The molecule has 0 aromatic carbocycles. The summed E-state index contributed by atoms with van der Waals surface area (Å²) >= 11 is 0. The van der Waals surface area contributed by atoms with E-state index in [0.29, 0.717) is 13.0 Å². The van der Waals surface area contributed by atoms with Crippen LogP contribution in [0.25, 0.3) is 0 Å². The van der Waals surface area contributed by atoms with Gasteiger partial charge in [0.2, 0.25) is 0 Å². The molecule has 0 aromatic heterocycles. The number of hydrogen-bond donors (Lipinski definition) is 1. The van der Waals surface area contributed by atoms with Crippen LogP contribution in [-0.4, -0.2) is 31.7 Å². The molecule has 1 unspecified atom stereocenters. The molecule has 0 amide bonds. The number of aliphatic hydroxyl groups excluding tert-OH is 1. The van der Waals surface area contributed by atoms with Gasteiger partial charge in [0, 0.05) is 7.11 Å². The van der Waals surface area contributed by atoms with Crippen LogP contribution in [0.4, 0.5) is 0 Å². The van der Waals surface area contributed by atoms with E-state index in [9.17, 15) is 4.79 Å². The minimum atomic E-state index is -0.663. The first-order valence-corrected chi connectivity index (χ1v) is 3.81. The normalized spacial score (nSPS) is 15.9. The van der Waals surface area contributed by atoms with Gasteiger partial charge < -0.3 is 14.6 Å². The number of hydrogen-bond acceptors (Lipinski definition) is 3. The second-order valence-electron chi connectivity index (χ2n) is 2.82. The fourth-order valence-electron chi connectivity index (χ4n) is 1.11. The van der Waals surface area contributed by atoms with Crippen molar-refractivity contribution < 1.29 is 14.6 Å². The summed E-state index contributed by atoms with van der Waals surface area (Å²) in [6, 6.07) is 0. The Morgan fingerprint density at radius 1 is 1.64 bits per heavy atom. The second kappa shape index (κ2) is 5.27. The van der Waals surface area contributed by atoms with E-state index in [1.165, 1.54) is 7.11 Å². The summed E-state index contributed by atoms with van der Waals surface area (Å²) in [5, 5.41) is 8.93. The molecule has 3 heteroatoms. The fraction of sp³-hybridized carbons (Fsp3) is 0.875. The summed E-state index contributed by atoms with van der Waals surface area (Å²) < 4.78 is 4.85. The molecule has 66 valence electrons. The van der Waals surface area contributed by atoms with Gasteiger partial charge in [-0.05, 0) is 6.42 Å². The Hall–Kier alpha value is -0.410. The van der Waals surface area contributed by atoms with Gasteiger partial charge in [0.1, 0.15) is 6.29 Å². The standard InChI is InChI=1S/C8H16O3/c1-3-4-8(5-9,6-10)7-11-2/h5,10H,3-4,6-7H2,1-2H3. The van der Waals surface area contributed by atoms with Crippen molar-refractivity contribution in [3.05, 3.63) is 0 Å². The molecule has 0 aliphatic rings. The molecular formula is C8H16O3. The Kier molecular flexibility index (Phi) is 5.07. The van der Waals surface area contributed by atoms with E-state index >= 15 is 0 Å². The Morgan fingerprint density at radius 3 is 2.55 bits per heavy atom. The van der Waals surface area contributed by atoms with Gasteiger partial charge in [0.05, 0.1) is 18.6 Å². The highest BCUT2D eigenvalue weighted by Crippen LogP contribution is 2.20. The smallest absolute Gasteiger partial charge is 0.130 e. The van der Waals surface area contributed by atoms with Gasteiger partial charge in [-0.25, -0.2) is 0 Å². The van der Waals surface area contributed by atoms with E-state index in [0.717, 1.165) is 12.7 Å². The summed E-state index contributed by atoms with van der Waals surface area (Å²) in [4.78, 5) is 10.6. The maximum Gasteiger partial charge on any atom is 0.130 e. The van der Waals surface area contributed by atoms with Crippen molar-refractivity contribution in [3.63, 3.8) is 0 Å². The monoisotopic (exact) mass is 160 g/mol. The van der Waals surface area contributed by atoms with Gasteiger partial charge in [0.15, 0.2) is 0 Å². The maximum absolute atomic E-state index is 10.6. The van der Waals surface area contributed by atoms with Gasteiger partial charge in [-0.1, -0.05) is 13.3 Å². The molecule has 1 N–H and O–H groups in total. The Morgan fingerprint density at radius 2 is 2.27 bits per heavy atom. The van der Waals surface area contributed by atoms with Crippen LogP contribution in [0.2, 0.25) is 0 Å². The minimum absolute atomic E-state index is 0.127.